The molecule has 1 aromatic heterocycles. The van der Waals surface area contributed by atoms with Gasteiger partial charge < -0.3 is 4.98 Å². The number of aromatic nitrogens is 1. The maximum Gasteiger partial charge on any atom is 0.243 e. The number of nitrogens with zero attached hydrogens (tertiary/aromatic N) is 1. The lowest BCUT2D eigenvalue weighted by Crippen LogP contribution is -2.39. The molecule has 4 rings (SSSR count). The average Bonchev–Trinajstić information content (AvgIpc) is 3.07. The summed E-state index contributed by atoms with van der Waals surface area (Å²) in [5.74, 6) is -0.262. The van der Waals surface area contributed by atoms with Gasteiger partial charge in [0.05, 0.1) is 4.90 Å². The highest BCUT2D eigenvalue weighted by molar-refractivity contribution is 7.89. The molecule has 27 heavy (non-hydrogen) atoms. The summed E-state index contributed by atoms with van der Waals surface area (Å²) in [5.41, 5.74) is 3.69. The van der Waals surface area contributed by atoms with Crippen LogP contribution in [0.3, 0.4) is 0 Å². The van der Waals surface area contributed by atoms with Crippen molar-refractivity contribution in [1.29, 1.82) is 0 Å². The number of H-pyrrole nitrogens is 1. The van der Waals surface area contributed by atoms with Crippen LogP contribution < -0.4 is 0 Å². The third-order valence-electron chi connectivity index (χ3n) is 5.39. The maximum atomic E-state index is 13.5. The fraction of sp³-hybridized carbons (Fsp3) is 0.333. The van der Waals surface area contributed by atoms with E-state index in [1.165, 1.54) is 28.1 Å². The van der Waals surface area contributed by atoms with Gasteiger partial charge in [-0.1, -0.05) is 11.6 Å². The molecule has 0 bridgehead atoms. The van der Waals surface area contributed by atoms with Gasteiger partial charge in [-0.15, -0.1) is 0 Å². The van der Waals surface area contributed by atoms with E-state index in [9.17, 15) is 12.8 Å². The van der Waals surface area contributed by atoms with Crippen molar-refractivity contribution in [2.45, 2.75) is 37.5 Å². The molecule has 2 heterocycles. The molecule has 6 heteroatoms. The van der Waals surface area contributed by atoms with E-state index in [1.54, 1.807) is 6.92 Å². The number of aryl methyl sites for hydroxylation is 2. The van der Waals surface area contributed by atoms with Crippen LogP contribution in [0.2, 0.25) is 0 Å². The van der Waals surface area contributed by atoms with Crippen LogP contribution in [0.25, 0.3) is 10.9 Å². The maximum absolute atomic E-state index is 13.5. The Balaban J connectivity index is 1.62. The standard InChI is InChI=1S/C21H23FN2O2S/c1-14-5-8-20-17(10-14)12-21(23-20)16-4-3-9-24(13-16)27(25,26)18-6-7-19(22)15(2)11-18/h5-8,10-12,16,23H,3-4,9,13H2,1-2H3. The number of piperidine rings is 1. The molecule has 1 aliphatic heterocycles. The quantitative estimate of drug-likeness (QED) is 0.721. The Morgan fingerprint density at radius 3 is 2.70 bits per heavy atom. The summed E-state index contributed by atoms with van der Waals surface area (Å²) in [5, 5.41) is 1.15. The van der Waals surface area contributed by atoms with Crippen LogP contribution in [0.15, 0.2) is 47.4 Å². The van der Waals surface area contributed by atoms with Gasteiger partial charge in [-0.05, 0) is 74.0 Å². The van der Waals surface area contributed by atoms with Crippen LogP contribution >= 0.6 is 0 Å². The molecule has 142 valence electrons. The first-order chi connectivity index (χ1) is 12.8. The second-order valence-corrected chi connectivity index (χ2v) is 9.37. The number of aromatic amines is 1. The Labute approximate surface area is 159 Å². The van der Waals surface area contributed by atoms with E-state index < -0.39 is 10.0 Å². The summed E-state index contributed by atoms with van der Waals surface area (Å²) in [6.45, 7) is 4.57. The third kappa shape index (κ3) is 3.39. The molecule has 1 saturated heterocycles. The smallest absolute Gasteiger partial charge is 0.243 e. The van der Waals surface area contributed by atoms with E-state index >= 15 is 0 Å². The number of nitrogens with one attached hydrogen (secondary N) is 1. The number of benzene rings is 2. The van der Waals surface area contributed by atoms with E-state index in [4.69, 9.17) is 0 Å². The Bertz CT molecular complexity index is 1100. The third-order valence-corrected chi connectivity index (χ3v) is 7.25. The SMILES string of the molecule is Cc1ccc2[nH]c(C3CCCN(S(=O)(=O)c4ccc(F)c(C)c4)C3)cc2c1. The summed E-state index contributed by atoms with van der Waals surface area (Å²) < 4.78 is 41.1. The molecule has 4 nitrogen and oxygen atoms in total. The van der Waals surface area contributed by atoms with E-state index in [-0.39, 0.29) is 16.6 Å². The highest BCUT2D eigenvalue weighted by atomic mass is 32.2. The van der Waals surface area contributed by atoms with Gasteiger partial charge in [-0.2, -0.15) is 4.31 Å². The fourth-order valence-corrected chi connectivity index (χ4v) is 5.45. The molecule has 0 aliphatic carbocycles. The number of rotatable bonds is 3. The number of hydrogen-bond donors (Lipinski definition) is 1. The van der Waals surface area contributed by atoms with Gasteiger partial charge in [0.15, 0.2) is 0 Å². The monoisotopic (exact) mass is 386 g/mol. The molecule has 0 amide bonds. The molecule has 0 saturated carbocycles. The summed E-state index contributed by atoms with van der Waals surface area (Å²) in [4.78, 5) is 3.61. The second-order valence-electron chi connectivity index (χ2n) is 7.43. The zero-order valence-electron chi connectivity index (χ0n) is 15.5. The van der Waals surface area contributed by atoms with Crippen LogP contribution in [0.5, 0.6) is 0 Å². The minimum Gasteiger partial charge on any atom is -0.358 e. The lowest BCUT2D eigenvalue weighted by molar-refractivity contribution is 0.313. The summed E-state index contributed by atoms with van der Waals surface area (Å²) in [7, 11) is -3.63. The van der Waals surface area contributed by atoms with Gasteiger partial charge in [-0.3, -0.25) is 0 Å². The molecule has 1 N–H and O–H groups in total. The Kier molecular flexibility index (Phi) is 4.56. The molecular weight excluding hydrogens is 363 g/mol. The van der Waals surface area contributed by atoms with Crippen LogP contribution in [0.4, 0.5) is 4.39 Å². The molecule has 1 atom stereocenters. The first-order valence-electron chi connectivity index (χ1n) is 9.20. The molecule has 0 spiro atoms. The van der Waals surface area contributed by atoms with Crippen molar-refractivity contribution >= 4 is 20.9 Å². The van der Waals surface area contributed by atoms with Gasteiger partial charge in [0.2, 0.25) is 10.0 Å². The number of sulfonamides is 1. The van der Waals surface area contributed by atoms with Gasteiger partial charge in [0.1, 0.15) is 5.82 Å². The first kappa shape index (κ1) is 18.2. The number of fused-ring (bicyclic) bond motifs is 1. The molecule has 2 aromatic carbocycles. The zero-order valence-corrected chi connectivity index (χ0v) is 16.3. The number of halogens is 1. The fourth-order valence-electron chi connectivity index (χ4n) is 3.84. The summed E-state index contributed by atoms with van der Waals surface area (Å²) in [6, 6.07) is 12.4. The number of hydrogen-bond acceptors (Lipinski definition) is 2. The summed E-state index contributed by atoms with van der Waals surface area (Å²) >= 11 is 0. The summed E-state index contributed by atoms with van der Waals surface area (Å²) in [6.07, 6.45) is 1.75. The minimum atomic E-state index is -3.63. The van der Waals surface area contributed by atoms with Crippen LogP contribution in [0, 0.1) is 19.7 Å². The molecule has 3 aromatic rings. The molecule has 1 aliphatic rings. The van der Waals surface area contributed by atoms with E-state index in [0.29, 0.717) is 18.7 Å². The van der Waals surface area contributed by atoms with Crippen molar-refractivity contribution in [2.24, 2.45) is 0 Å². The zero-order chi connectivity index (χ0) is 19.2. The predicted octanol–water partition coefficient (Wildman–Crippen LogP) is 4.49. The van der Waals surface area contributed by atoms with Crippen molar-refractivity contribution in [3.8, 4) is 0 Å². The first-order valence-corrected chi connectivity index (χ1v) is 10.6. The Morgan fingerprint density at radius 1 is 1.11 bits per heavy atom. The van der Waals surface area contributed by atoms with Gasteiger partial charge in [0, 0.05) is 30.2 Å². The van der Waals surface area contributed by atoms with E-state index in [2.05, 4.69) is 36.2 Å². The molecule has 0 radical (unpaired) electrons. The van der Waals surface area contributed by atoms with Crippen molar-refractivity contribution in [3.63, 3.8) is 0 Å². The van der Waals surface area contributed by atoms with Crippen molar-refractivity contribution < 1.29 is 12.8 Å². The van der Waals surface area contributed by atoms with Crippen LogP contribution in [-0.4, -0.2) is 30.8 Å². The van der Waals surface area contributed by atoms with Crippen LogP contribution in [-0.2, 0) is 10.0 Å². The lowest BCUT2D eigenvalue weighted by Gasteiger charge is -2.31. The van der Waals surface area contributed by atoms with E-state index in [0.717, 1.165) is 29.4 Å². The Hall–Kier alpha value is -2.18. The largest absolute Gasteiger partial charge is 0.358 e. The van der Waals surface area contributed by atoms with Crippen molar-refractivity contribution in [2.75, 3.05) is 13.1 Å². The molecule has 1 unspecified atom stereocenters. The lowest BCUT2D eigenvalue weighted by atomic mass is 9.96. The average molecular weight is 386 g/mol. The minimum absolute atomic E-state index is 0.128. The van der Waals surface area contributed by atoms with Crippen LogP contribution in [0.1, 0.15) is 35.6 Å². The second kappa shape index (κ2) is 6.77. The molecule has 1 fully saturated rings. The van der Waals surface area contributed by atoms with Crippen molar-refractivity contribution in [3.05, 3.63) is 65.1 Å². The van der Waals surface area contributed by atoms with Gasteiger partial charge >= 0.3 is 0 Å². The topological polar surface area (TPSA) is 53.2 Å². The highest BCUT2D eigenvalue weighted by Gasteiger charge is 2.31. The van der Waals surface area contributed by atoms with Gasteiger partial charge in [0.25, 0.3) is 0 Å². The predicted molar refractivity (Wildman–Crippen MR) is 105 cm³/mol. The highest BCUT2D eigenvalue weighted by Crippen LogP contribution is 2.32. The van der Waals surface area contributed by atoms with Gasteiger partial charge in [-0.25, -0.2) is 12.8 Å². The van der Waals surface area contributed by atoms with Crippen molar-refractivity contribution in [1.82, 2.24) is 9.29 Å². The Morgan fingerprint density at radius 2 is 1.93 bits per heavy atom. The molecular formula is C21H23FN2O2S. The van der Waals surface area contributed by atoms with E-state index in [1.807, 2.05) is 0 Å². The normalized spacial score (nSPS) is 18.9.